The Hall–Kier alpha value is -1.79. The van der Waals surface area contributed by atoms with Gasteiger partial charge in [0.25, 0.3) is 5.91 Å². The molecular weight excluding hydrogens is 344 g/mol. The molecule has 1 fully saturated rings. The highest BCUT2D eigenvalue weighted by Crippen LogP contribution is 2.43. The fourth-order valence-electron chi connectivity index (χ4n) is 3.96. The highest BCUT2D eigenvalue weighted by molar-refractivity contribution is 7.98. The smallest absolute Gasteiger partial charge is 0.274 e. The molecule has 1 aromatic heterocycles. The van der Waals surface area contributed by atoms with Crippen molar-refractivity contribution in [2.75, 3.05) is 32.7 Å². The van der Waals surface area contributed by atoms with Crippen LogP contribution in [0.15, 0.2) is 23.1 Å². The largest absolute Gasteiger partial charge is 0.335 e. The van der Waals surface area contributed by atoms with Gasteiger partial charge in [0.2, 0.25) is 0 Å². The van der Waals surface area contributed by atoms with Crippen molar-refractivity contribution in [1.82, 2.24) is 19.6 Å². The third kappa shape index (κ3) is 3.05. The van der Waals surface area contributed by atoms with Gasteiger partial charge in [0.05, 0.1) is 5.69 Å². The standard InChI is InChI=1S/C20H26N4OS/c1-4-7-23-8-10-24(11-9-23)20(25)18-16-13-26-17-6-5-14(2)12-15(17)19(16)22(3)21-18/h5-6,12H,4,7-11,13H2,1-3H3. The van der Waals surface area contributed by atoms with Gasteiger partial charge in [0, 0.05) is 55.0 Å². The van der Waals surface area contributed by atoms with Crippen molar-refractivity contribution in [3.05, 3.63) is 35.0 Å². The predicted molar refractivity (Wildman–Crippen MR) is 106 cm³/mol. The molecule has 0 saturated carbocycles. The Morgan fingerprint density at radius 1 is 1.23 bits per heavy atom. The molecule has 138 valence electrons. The van der Waals surface area contributed by atoms with E-state index in [-0.39, 0.29) is 5.91 Å². The maximum Gasteiger partial charge on any atom is 0.274 e. The quantitative estimate of drug-likeness (QED) is 0.832. The number of aryl methyl sites for hydroxylation is 2. The van der Waals surface area contributed by atoms with Crippen LogP contribution in [0.4, 0.5) is 0 Å². The van der Waals surface area contributed by atoms with E-state index in [1.165, 1.54) is 16.0 Å². The minimum absolute atomic E-state index is 0.0923. The molecule has 5 nitrogen and oxygen atoms in total. The zero-order valence-electron chi connectivity index (χ0n) is 15.8. The van der Waals surface area contributed by atoms with Gasteiger partial charge >= 0.3 is 0 Å². The molecular formula is C20H26N4OS. The number of fused-ring (bicyclic) bond motifs is 3. The number of rotatable bonds is 3. The van der Waals surface area contributed by atoms with Crippen LogP contribution in [0, 0.1) is 6.92 Å². The lowest BCUT2D eigenvalue weighted by atomic mass is 10.0. The van der Waals surface area contributed by atoms with E-state index in [4.69, 9.17) is 0 Å². The topological polar surface area (TPSA) is 41.4 Å². The van der Waals surface area contributed by atoms with E-state index in [1.807, 2.05) is 16.6 Å². The van der Waals surface area contributed by atoms with E-state index in [1.54, 1.807) is 11.8 Å². The molecule has 0 aliphatic carbocycles. The van der Waals surface area contributed by atoms with Gasteiger partial charge < -0.3 is 4.90 Å². The lowest BCUT2D eigenvalue weighted by molar-refractivity contribution is 0.0630. The number of hydrogen-bond donors (Lipinski definition) is 0. The number of carbonyl (C=O) groups excluding carboxylic acids is 1. The fraction of sp³-hybridized carbons (Fsp3) is 0.500. The number of nitrogens with zero attached hydrogens (tertiary/aromatic N) is 4. The molecule has 0 atom stereocenters. The van der Waals surface area contributed by atoms with Gasteiger partial charge in [-0.1, -0.05) is 18.6 Å². The van der Waals surface area contributed by atoms with Crippen LogP contribution in [0.1, 0.15) is 35.0 Å². The van der Waals surface area contributed by atoms with Gasteiger partial charge in [-0.15, -0.1) is 11.8 Å². The molecule has 6 heteroatoms. The van der Waals surface area contributed by atoms with Gasteiger partial charge in [-0.2, -0.15) is 5.10 Å². The second-order valence-electron chi connectivity index (χ2n) is 7.22. The summed E-state index contributed by atoms with van der Waals surface area (Å²) in [6, 6.07) is 6.54. The summed E-state index contributed by atoms with van der Waals surface area (Å²) < 4.78 is 1.90. The van der Waals surface area contributed by atoms with Crippen LogP contribution in [0.25, 0.3) is 11.3 Å². The van der Waals surface area contributed by atoms with Crippen molar-refractivity contribution < 1.29 is 4.79 Å². The summed E-state index contributed by atoms with van der Waals surface area (Å²) in [4.78, 5) is 18.8. The Morgan fingerprint density at radius 3 is 2.73 bits per heavy atom. The number of piperazine rings is 1. The van der Waals surface area contributed by atoms with Gasteiger partial charge in [-0.3, -0.25) is 14.4 Å². The number of carbonyl (C=O) groups is 1. The van der Waals surface area contributed by atoms with E-state index >= 15 is 0 Å². The summed E-state index contributed by atoms with van der Waals surface area (Å²) in [7, 11) is 1.96. The molecule has 3 heterocycles. The van der Waals surface area contributed by atoms with Crippen LogP contribution < -0.4 is 0 Å². The van der Waals surface area contributed by atoms with E-state index in [0.29, 0.717) is 5.69 Å². The Kier molecular flexibility index (Phi) is 4.80. The minimum Gasteiger partial charge on any atom is -0.335 e. The summed E-state index contributed by atoms with van der Waals surface area (Å²) in [5.41, 5.74) is 5.29. The Labute approximate surface area is 159 Å². The van der Waals surface area contributed by atoms with Crippen LogP contribution in [0.5, 0.6) is 0 Å². The van der Waals surface area contributed by atoms with Crippen molar-refractivity contribution in [1.29, 1.82) is 0 Å². The Bertz CT molecular complexity index is 837. The fourth-order valence-corrected chi connectivity index (χ4v) is 5.01. The predicted octanol–water partition coefficient (Wildman–Crippen LogP) is 3.17. The molecule has 0 spiro atoms. The summed E-state index contributed by atoms with van der Waals surface area (Å²) in [5, 5.41) is 4.65. The molecule has 0 N–H and O–H groups in total. The first kappa shape index (κ1) is 17.6. The molecule has 2 aliphatic rings. The number of aromatic nitrogens is 2. The number of amides is 1. The van der Waals surface area contributed by atoms with Crippen molar-refractivity contribution in [3.63, 3.8) is 0 Å². The molecule has 1 amide bonds. The molecule has 1 saturated heterocycles. The second kappa shape index (κ2) is 7.08. The average Bonchev–Trinajstić information content (AvgIpc) is 2.99. The van der Waals surface area contributed by atoms with Gasteiger partial charge in [0.15, 0.2) is 5.69 Å². The van der Waals surface area contributed by atoms with E-state index in [2.05, 4.69) is 42.0 Å². The summed E-state index contributed by atoms with van der Waals surface area (Å²) >= 11 is 1.81. The van der Waals surface area contributed by atoms with Crippen molar-refractivity contribution in [3.8, 4) is 11.3 Å². The van der Waals surface area contributed by atoms with Gasteiger partial charge in [-0.05, 0) is 32.0 Å². The van der Waals surface area contributed by atoms with Crippen LogP contribution in [0.2, 0.25) is 0 Å². The Morgan fingerprint density at radius 2 is 2.00 bits per heavy atom. The first-order valence-corrected chi connectivity index (χ1v) is 10.4. The molecule has 0 radical (unpaired) electrons. The molecule has 2 aromatic rings. The lowest BCUT2D eigenvalue weighted by Crippen LogP contribution is -2.49. The molecule has 1 aromatic carbocycles. The zero-order valence-corrected chi connectivity index (χ0v) is 16.6. The maximum absolute atomic E-state index is 13.2. The molecule has 4 rings (SSSR count). The average molecular weight is 371 g/mol. The van der Waals surface area contributed by atoms with E-state index in [9.17, 15) is 4.79 Å². The van der Waals surface area contributed by atoms with E-state index < -0.39 is 0 Å². The van der Waals surface area contributed by atoms with Gasteiger partial charge in [0.1, 0.15) is 0 Å². The normalized spacial score (nSPS) is 17.1. The monoisotopic (exact) mass is 370 g/mol. The molecule has 26 heavy (non-hydrogen) atoms. The summed E-state index contributed by atoms with van der Waals surface area (Å²) in [5.74, 6) is 0.908. The van der Waals surface area contributed by atoms with E-state index in [0.717, 1.165) is 56.2 Å². The number of benzene rings is 1. The highest BCUT2D eigenvalue weighted by Gasteiger charge is 2.31. The number of thioether (sulfide) groups is 1. The zero-order chi connectivity index (χ0) is 18.3. The maximum atomic E-state index is 13.2. The van der Waals surface area contributed by atoms with Crippen molar-refractivity contribution >= 4 is 17.7 Å². The van der Waals surface area contributed by atoms with Gasteiger partial charge in [-0.25, -0.2) is 0 Å². The highest BCUT2D eigenvalue weighted by atomic mass is 32.2. The van der Waals surface area contributed by atoms with Crippen LogP contribution in [-0.2, 0) is 12.8 Å². The Balaban J connectivity index is 1.62. The molecule has 0 unspecified atom stereocenters. The van der Waals surface area contributed by atoms with Crippen LogP contribution >= 0.6 is 11.8 Å². The third-order valence-electron chi connectivity index (χ3n) is 5.31. The van der Waals surface area contributed by atoms with Crippen LogP contribution in [-0.4, -0.2) is 58.2 Å². The lowest BCUT2D eigenvalue weighted by Gasteiger charge is -2.34. The number of hydrogen-bond acceptors (Lipinski definition) is 4. The minimum atomic E-state index is 0.0923. The third-order valence-corrected chi connectivity index (χ3v) is 6.41. The first-order chi connectivity index (χ1) is 12.6. The van der Waals surface area contributed by atoms with Crippen molar-refractivity contribution in [2.45, 2.75) is 30.9 Å². The summed E-state index contributed by atoms with van der Waals surface area (Å²) in [6.45, 7) is 8.96. The second-order valence-corrected chi connectivity index (χ2v) is 8.24. The van der Waals surface area contributed by atoms with Crippen molar-refractivity contribution in [2.24, 2.45) is 7.05 Å². The molecule has 0 bridgehead atoms. The molecule has 2 aliphatic heterocycles. The summed E-state index contributed by atoms with van der Waals surface area (Å²) in [6.07, 6.45) is 1.16. The van der Waals surface area contributed by atoms with Crippen LogP contribution in [0.3, 0.4) is 0 Å². The first-order valence-electron chi connectivity index (χ1n) is 9.39. The SMILES string of the molecule is CCCN1CCN(C(=O)c2nn(C)c3c2CSc2ccc(C)cc2-3)CC1.